The number of likely N-dealkylation sites (tertiary alicyclic amines) is 1. The Morgan fingerprint density at radius 1 is 0.853 bits per heavy atom. The van der Waals surface area contributed by atoms with Crippen LogP contribution in [0.2, 0.25) is 0 Å². The minimum atomic E-state index is -3.79. The largest absolute Gasteiger partial charge is 0.339 e. The lowest BCUT2D eigenvalue weighted by atomic mass is 9.88. The van der Waals surface area contributed by atoms with E-state index in [4.69, 9.17) is 0 Å². The number of rotatable bonds is 6. The van der Waals surface area contributed by atoms with Gasteiger partial charge in [0.15, 0.2) is 5.78 Å². The SMILES string of the molecule is Cc1ccc(C)c(S(=O)(=O)Nc2cccc(C(=O)N3CCC(C(=O)c4ccccc4)CC3)c2)c1. The van der Waals surface area contributed by atoms with Crippen LogP contribution in [0.1, 0.15) is 44.7 Å². The second kappa shape index (κ2) is 9.81. The highest BCUT2D eigenvalue weighted by Gasteiger charge is 2.28. The zero-order chi connectivity index (χ0) is 24.3. The van der Waals surface area contributed by atoms with Crippen molar-refractivity contribution in [1.29, 1.82) is 0 Å². The average molecular weight is 477 g/mol. The Hall–Kier alpha value is -3.45. The first-order valence-corrected chi connectivity index (χ1v) is 12.8. The third kappa shape index (κ3) is 5.20. The first-order chi connectivity index (χ1) is 16.2. The fourth-order valence-corrected chi connectivity index (χ4v) is 5.67. The summed E-state index contributed by atoms with van der Waals surface area (Å²) in [5.41, 5.74) is 2.95. The molecular weight excluding hydrogens is 448 g/mol. The van der Waals surface area contributed by atoms with Crippen molar-refractivity contribution in [3.05, 3.63) is 95.1 Å². The summed E-state index contributed by atoms with van der Waals surface area (Å²) in [6, 6.07) is 21.0. The number of carbonyl (C=O) groups is 2. The maximum Gasteiger partial charge on any atom is 0.262 e. The maximum atomic E-state index is 13.1. The molecule has 34 heavy (non-hydrogen) atoms. The Kier molecular flexibility index (Phi) is 6.84. The lowest BCUT2D eigenvalue weighted by Crippen LogP contribution is -2.40. The van der Waals surface area contributed by atoms with Gasteiger partial charge in [-0.15, -0.1) is 0 Å². The number of ketones is 1. The third-order valence-electron chi connectivity index (χ3n) is 6.21. The monoisotopic (exact) mass is 476 g/mol. The van der Waals surface area contributed by atoms with E-state index in [0.717, 1.165) is 5.56 Å². The molecule has 6 nitrogen and oxygen atoms in total. The van der Waals surface area contributed by atoms with Crippen LogP contribution in [0, 0.1) is 19.8 Å². The van der Waals surface area contributed by atoms with E-state index in [9.17, 15) is 18.0 Å². The molecule has 0 bridgehead atoms. The Labute approximate surface area is 200 Å². The number of anilines is 1. The minimum Gasteiger partial charge on any atom is -0.339 e. The van der Waals surface area contributed by atoms with Crippen LogP contribution in [0.5, 0.6) is 0 Å². The van der Waals surface area contributed by atoms with Crippen LogP contribution in [0.25, 0.3) is 0 Å². The molecule has 3 aromatic rings. The molecule has 1 fully saturated rings. The highest BCUT2D eigenvalue weighted by molar-refractivity contribution is 7.92. The van der Waals surface area contributed by atoms with Crippen LogP contribution >= 0.6 is 0 Å². The van der Waals surface area contributed by atoms with Gasteiger partial charge in [-0.25, -0.2) is 8.42 Å². The molecule has 3 aromatic carbocycles. The van der Waals surface area contributed by atoms with Gasteiger partial charge in [0.2, 0.25) is 0 Å². The van der Waals surface area contributed by atoms with Gasteiger partial charge in [-0.2, -0.15) is 0 Å². The fraction of sp³-hybridized carbons (Fsp3) is 0.259. The molecule has 0 radical (unpaired) electrons. The second-order valence-corrected chi connectivity index (χ2v) is 10.4. The summed E-state index contributed by atoms with van der Waals surface area (Å²) in [6.07, 6.45) is 1.22. The summed E-state index contributed by atoms with van der Waals surface area (Å²) >= 11 is 0. The molecule has 1 N–H and O–H groups in total. The number of nitrogens with one attached hydrogen (secondary N) is 1. The van der Waals surface area contributed by atoms with E-state index in [-0.39, 0.29) is 22.5 Å². The lowest BCUT2D eigenvalue weighted by Gasteiger charge is -2.31. The van der Waals surface area contributed by atoms with Gasteiger partial charge in [-0.1, -0.05) is 48.5 Å². The Morgan fingerprint density at radius 3 is 2.24 bits per heavy atom. The number of carbonyl (C=O) groups excluding carboxylic acids is 2. The van der Waals surface area contributed by atoms with Gasteiger partial charge in [0.05, 0.1) is 4.90 Å². The molecule has 1 amide bonds. The summed E-state index contributed by atoms with van der Waals surface area (Å²) < 4.78 is 28.5. The molecule has 1 heterocycles. The van der Waals surface area contributed by atoms with Gasteiger partial charge in [-0.3, -0.25) is 14.3 Å². The number of piperidine rings is 1. The van der Waals surface area contributed by atoms with E-state index < -0.39 is 10.0 Å². The van der Waals surface area contributed by atoms with Crippen molar-refractivity contribution >= 4 is 27.4 Å². The van der Waals surface area contributed by atoms with Gasteiger partial charge in [0.25, 0.3) is 15.9 Å². The summed E-state index contributed by atoms with van der Waals surface area (Å²) in [5, 5.41) is 0. The highest BCUT2D eigenvalue weighted by Crippen LogP contribution is 2.25. The van der Waals surface area contributed by atoms with Gasteiger partial charge >= 0.3 is 0 Å². The van der Waals surface area contributed by atoms with Gasteiger partial charge in [-0.05, 0) is 62.1 Å². The summed E-state index contributed by atoms with van der Waals surface area (Å²) in [4.78, 5) is 27.8. The maximum absolute atomic E-state index is 13.1. The Balaban J connectivity index is 1.43. The standard InChI is InChI=1S/C27H28N2O4S/c1-19-11-12-20(2)25(17-19)34(32,33)28-24-10-6-9-23(18-24)27(31)29-15-13-22(14-16-29)26(30)21-7-4-3-5-8-21/h3-12,17-18,22,28H,13-16H2,1-2H3. The van der Waals surface area contributed by atoms with Gasteiger partial charge < -0.3 is 4.90 Å². The second-order valence-electron chi connectivity index (χ2n) is 8.75. The number of benzene rings is 3. The van der Waals surface area contributed by atoms with Gasteiger partial charge in [0, 0.05) is 35.8 Å². The minimum absolute atomic E-state index is 0.0952. The smallest absolute Gasteiger partial charge is 0.262 e. The Bertz CT molecular complexity index is 1310. The normalized spacial score (nSPS) is 14.6. The Morgan fingerprint density at radius 2 is 1.53 bits per heavy atom. The van der Waals surface area contributed by atoms with Crippen LogP contribution in [-0.4, -0.2) is 38.1 Å². The first-order valence-electron chi connectivity index (χ1n) is 11.3. The van der Waals surface area contributed by atoms with Crippen LogP contribution in [0.15, 0.2) is 77.7 Å². The molecule has 0 atom stereocenters. The van der Waals surface area contributed by atoms with Crippen LogP contribution in [-0.2, 0) is 10.0 Å². The zero-order valence-corrected chi connectivity index (χ0v) is 20.1. The zero-order valence-electron chi connectivity index (χ0n) is 19.3. The fourth-order valence-electron chi connectivity index (χ4n) is 4.29. The van der Waals surface area contributed by atoms with E-state index in [0.29, 0.717) is 48.3 Å². The van der Waals surface area contributed by atoms with Crippen molar-refractivity contribution in [2.24, 2.45) is 5.92 Å². The van der Waals surface area contributed by atoms with Crippen molar-refractivity contribution in [3.8, 4) is 0 Å². The highest BCUT2D eigenvalue weighted by atomic mass is 32.2. The van der Waals surface area contributed by atoms with E-state index in [1.165, 1.54) is 0 Å². The molecule has 0 aliphatic carbocycles. The summed E-state index contributed by atoms with van der Waals surface area (Å²) in [6.45, 7) is 4.56. The van der Waals surface area contributed by atoms with Crippen LogP contribution in [0.4, 0.5) is 5.69 Å². The van der Waals surface area contributed by atoms with E-state index in [2.05, 4.69) is 4.72 Å². The first kappa shape index (κ1) is 23.7. The van der Waals surface area contributed by atoms with Crippen molar-refractivity contribution < 1.29 is 18.0 Å². The van der Waals surface area contributed by atoms with Crippen LogP contribution < -0.4 is 4.72 Å². The van der Waals surface area contributed by atoms with Crippen molar-refractivity contribution in [2.45, 2.75) is 31.6 Å². The molecule has 1 aliphatic heterocycles. The molecule has 1 saturated heterocycles. The number of sulfonamides is 1. The van der Waals surface area contributed by atoms with Crippen molar-refractivity contribution in [1.82, 2.24) is 4.90 Å². The molecule has 0 unspecified atom stereocenters. The third-order valence-corrected chi connectivity index (χ3v) is 7.73. The van der Waals surface area contributed by atoms with Gasteiger partial charge in [0.1, 0.15) is 0 Å². The predicted molar refractivity (Wildman–Crippen MR) is 133 cm³/mol. The number of aryl methyl sites for hydroxylation is 2. The number of Topliss-reactive ketones (excluding diaryl/α,β-unsaturated/α-hetero) is 1. The molecule has 0 spiro atoms. The molecule has 7 heteroatoms. The number of nitrogens with zero attached hydrogens (tertiary/aromatic N) is 1. The molecule has 1 aliphatic rings. The van der Waals surface area contributed by atoms with E-state index >= 15 is 0 Å². The summed E-state index contributed by atoms with van der Waals surface area (Å²) in [7, 11) is -3.79. The molecule has 0 saturated carbocycles. The summed E-state index contributed by atoms with van der Waals surface area (Å²) in [5.74, 6) is -0.142. The van der Waals surface area contributed by atoms with Crippen molar-refractivity contribution in [2.75, 3.05) is 17.8 Å². The topological polar surface area (TPSA) is 83.6 Å². The van der Waals surface area contributed by atoms with E-state index in [1.807, 2.05) is 43.3 Å². The molecular formula is C27H28N2O4S. The lowest BCUT2D eigenvalue weighted by molar-refractivity contribution is 0.0650. The number of hydrogen-bond donors (Lipinski definition) is 1. The molecule has 4 rings (SSSR count). The quantitative estimate of drug-likeness (QED) is 0.516. The number of amides is 1. The predicted octanol–water partition coefficient (Wildman–Crippen LogP) is 4.84. The van der Waals surface area contributed by atoms with Crippen molar-refractivity contribution in [3.63, 3.8) is 0 Å². The average Bonchev–Trinajstić information content (AvgIpc) is 2.85. The molecule has 176 valence electrons. The van der Waals surface area contributed by atoms with E-state index in [1.54, 1.807) is 48.2 Å². The van der Waals surface area contributed by atoms with Crippen LogP contribution in [0.3, 0.4) is 0 Å². The number of hydrogen-bond acceptors (Lipinski definition) is 4. The molecule has 0 aromatic heterocycles.